The summed E-state index contributed by atoms with van der Waals surface area (Å²) in [7, 11) is 0. The molecule has 2 nitrogen and oxygen atoms in total. The highest BCUT2D eigenvalue weighted by Crippen LogP contribution is 2.26. The van der Waals surface area contributed by atoms with Crippen LogP contribution in [-0.2, 0) is 6.54 Å². The topological polar surface area (TPSA) is 23.5 Å². The second kappa shape index (κ2) is 6.42. The summed E-state index contributed by atoms with van der Waals surface area (Å²) < 4.78 is 0. The number of nitrogens with zero attached hydrogens (tertiary/aromatic N) is 1. The zero-order valence-corrected chi connectivity index (χ0v) is 12.6. The summed E-state index contributed by atoms with van der Waals surface area (Å²) in [5.74, 6) is 0.596. The first kappa shape index (κ1) is 14.3. The number of aliphatic hydroxyl groups excluding tert-OH is 1. The lowest BCUT2D eigenvalue weighted by atomic mass is 10.0. The van der Waals surface area contributed by atoms with Crippen molar-refractivity contribution < 1.29 is 5.11 Å². The minimum absolute atomic E-state index is 0.267. The normalized spacial score (nSPS) is 22.6. The molecule has 2 heteroatoms. The van der Waals surface area contributed by atoms with E-state index in [9.17, 15) is 5.11 Å². The molecule has 2 atom stereocenters. The van der Waals surface area contributed by atoms with Crippen LogP contribution in [-0.4, -0.2) is 29.2 Å². The Morgan fingerprint density at radius 3 is 2.33 bits per heavy atom. The molecule has 1 aliphatic heterocycles. The highest BCUT2D eigenvalue weighted by Gasteiger charge is 2.30. The third-order valence-corrected chi connectivity index (χ3v) is 4.63. The molecule has 1 fully saturated rings. The molecule has 1 N–H and O–H groups in total. The van der Waals surface area contributed by atoms with Crippen molar-refractivity contribution in [1.29, 1.82) is 0 Å². The Balaban J connectivity index is 1.70. The van der Waals surface area contributed by atoms with Gasteiger partial charge in [0.05, 0.1) is 6.61 Å². The Bertz CT molecular complexity index is 564. The van der Waals surface area contributed by atoms with Crippen LogP contribution in [0.25, 0.3) is 11.1 Å². The summed E-state index contributed by atoms with van der Waals surface area (Å²) >= 11 is 0. The Hall–Kier alpha value is -1.64. The third kappa shape index (κ3) is 3.17. The molecule has 0 aliphatic carbocycles. The third-order valence-electron chi connectivity index (χ3n) is 4.63. The van der Waals surface area contributed by atoms with Gasteiger partial charge in [0.1, 0.15) is 0 Å². The van der Waals surface area contributed by atoms with Gasteiger partial charge >= 0.3 is 0 Å². The smallest absolute Gasteiger partial charge is 0.0589 e. The van der Waals surface area contributed by atoms with Gasteiger partial charge in [0.15, 0.2) is 0 Å². The Labute approximate surface area is 127 Å². The molecule has 1 saturated heterocycles. The van der Waals surface area contributed by atoms with E-state index < -0.39 is 0 Å². The quantitative estimate of drug-likeness (QED) is 0.926. The molecule has 3 rings (SSSR count). The zero-order chi connectivity index (χ0) is 14.7. The van der Waals surface area contributed by atoms with Gasteiger partial charge < -0.3 is 5.11 Å². The maximum Gasteiger partial charge on any atom is 0.0589 e. The van der Waals surface area contributed by atoms with E-state index in [0.717, 1.165) is 13.1 Å². The SMILES string of the molecule is CC1CCN(Cc2ccc(-c3ccccc3)cc2)C1CO. The lowest BCUT2D eigenvalue weighted by Gasteiger charge is -2.25. The average Bonchev–Trinajstić information content (AvgIpc) is 2.89. The van der Waals surface area contributed by atoms with Crippen LogP contribution in [0, 0.1) is 5.92 Å². The lowest BCUT2D eigenvalue weighted by Crippen LogP contribution is -2.34. The van der Waals surface area contributed by atoms with Gasteiger partial charge in [-0.3, -0.25) is 4.90 Å². The second-order valence-corrected chi connectivity index (χ2v) is 6.05. The first-order valence-corrected chi connectivity index (χ1v) is 7.77. The molecular weight excluding hydrogens is 258 g/mol. The molecule has 0 bridgehead atoms. The fourth-order valence-corrected chi connectivity index (χ4v) is 3.25. The van der Waals surface area contributed by atoms with Crippen LogP contribution in [0.15, 0.2) is 54.6 Å². The van der Waals surface area contributed by atoms with Crippen molar-refractivity contribution in [3.8, 4) is 11.1 Å². The predicted octanol–water partition coefficient (Wildman–Crippen LogP) is 3.56. The summed E-state index contributed by atoms with van der Waals surface area (Å²) in [4.78, 5) is 2.40. The van der Waals surface area contributed by atoms with Gasteiger partial charge in [-0.15, -0.1) is 0 Å². The summed E-state index contributed by atoms with van der Waals surface area (Å²) in [5.41, 5.74) is 3.84. The number of hydrogen-bond donors (Lipinski definition) is 1. The van der Waals surface area contributed by atoms with E-state index in [1.165, 1.54) is 23.1 Å². The summed E-state index contributed by atoms with van der Waals surface area (Å²) in [6, 6.07) is 19.6. The van der Waals surface area contributed by atoms with Crippen LogP contribution >= 0.6 is 0 Å². The Morgan fingerprint density at radius 1 is 1.00 bits per heavy atom. The molecular formula is C19H23NO. The van der Waals surface area contributed by atoms with E-state index in [0.29, 0.717) is 12.0 Å². The number of likely N-dealkylation sites (tertiary alicyclic amines) is 1. The van der Waals surface area contributed by atoms with E-state index in [4.69, 9.17) is 0 Å². The van der Waals surface area contributed by atoms with E-state index >= 15 is 0 Å². The molecule has 0 radical (unpaired) electrons. The van der Waals surface area contributed by atoms with Crippen molar-refractivity contribution in [2.24, 2.45) is 5.92 Å². The second-order valence-electron chi connectivity index (χ2n) is 6.05. The van der Waals surface area contributed by atoms with Crippen LogP contribution in [0.4, 0.5) is 0 Å². The average molecular weight is 281 g/mol. The summed E-state index contributed by atoms with van der Waals surface area (Å²) in [6.45, 7) is 4.53. The monoisotopic (exact) mass is 281 g/mol. The summed E-state index contributed by atoms with van der Waals surface area (Å²) in [5, 5.41) is 9.54. The molecule has 110 valence electrons. The predicted molar refractivity (Wildman–Crippen MR) is 86.9 cm³/mol. The largest absolute Gasteiger partial charge is 0.395 e. The lowest BCUT2D eigenvalue weighted by molar-refractivity contribution is 0.134. The molecule has 0 saturated carbocycles. The van der Waals surface area contributed by atoms with Crippen molar-refractivity contribution in [3.05, 3.63) is 60.2 Å². The fourth-order valence-electron chi connectivity index (χ4n) is 3.25. The molecule has 2 aromatic rings. The van der Waals surface area contributed by atoms with Crippen molar-refractivity contribution in [2.75, 3.05) is 13.2 Å². The van der Waals surface area contributed by atoms with Crippen molar-refractivity contribution in [2.45, 2.75) is 25.9 Å². The molecule has 2 aromatic carbocycles. The molecule has 1 aliphatic rings. The maximum absolute atomic E-state index is 9.54. The van der Waals surface area contributed by atoms with E-state index in [1.54, 1.807) is 0 Å². The molecule has 0 aromatic heterocycles. The van der Waals surface area contributed by atoms with Crippen LogP contribution in [0.2, 0.25) is 0 Å². The van der Waals surface area contributed by atoms with Crippen molar-refractivity contribution in [1.82, 2.24) is 4.90 Å². The molecule has 21 heavy (non-hydrogen) atoms. The Kier molecular flexibility index (Phi) is 4.37. The van der Waals surface area contributed by atoms with Gasteiger partial charge in [-0.05, 0) is 35.6 Å². The van der Waals surface area contributed by atoms with Crippen LogP contribution in [0.3, 0.4) is 0 Å². The fraction of sp³-hybridized carbons (Fsp3) is 0.368. The highest BCUT2D eigenvalue weighted by molar-refractivity contribution is 5.63. The first-order valence-electron chi connectivity index (χ1n) is 7.77. The van der Waals surface area contributed by atoms with Gasteiger partial charge in [-0.1, -0.05) is 61.5 Å². The van der Waals surface area contributed by atoms with Crippen molar-refractivity contribution >= 4 is 0 Å². The maximum atomic E-state index is 9.54. The number of aliphatic hydroxyl groups is 1. The molecule has 0 spiro atoms. The minimum atomic E-state index is 0.267. The molecule has 2 unspecified atom stereocenters. The van der Waals surface area contributed by atoms with Crippen LogP contribution in [0.5, 0.6) is 0 Å². The molecule has 1 heterocycles. The molecule has 0 amide bonds. The highest BCUT2D eigenvalue weighted by atomic mass is 16.3. The van der Waals surface area contributed by atoms with E-state index in [2.05, 4.69) is 60.4 Å². The standard InChI is InChI=1S/C19H23NO/c1-15-11-12-20(19(15)14-21)13-16-7-9-18(10-8-16)17-5-3-2-4-6-17/h2-10,15,19,21H,11-14H2,1H3. The Morgan fingerprint density at radius 2 is 1.67 bits per heavy atom. The van der Waals surface area contributed by atoms with E-state index in [-0.39, 0.29) is 6.61 Å². The number of rotatable bonds is 4. The number of hydrogen-bond acceptors (Lipinski definition) is 2. The first-order chi connectivity index (χ1) is 10.3. The van der Waals surface area contributed by atoms with Crippen LogP contribution in [0.1, 0.15) is 18.9 Å². The summed E-state index contributed by atoms with van der Waals surface area (Å²) in [6.07, 6.45) is 1.19. The minimum Gasteiger partial charge on any atom is -0.395 e. The van der Waals surface area contributed by atoms with Gasteiger partial charge in [0, 0.05) is 12.6 Å². The zero-order valence-electron chi connectivity index (χ0n) is 12.6. The van der Waals surface area contributed by atoms with Crippen LogP contribution < -0.4 is 0 Å². The van der Waals surface area contributed by atoms with Gasteiger partial charge in [-0.25, -0.2) is 0 Å². The van der Waals surface area contributed by atoms with Gasteiger partial charge in [0.2, 0.25) is 0 Å². The van der Waals surface area contributed by atoms with Crippen molar-refractivity contribution in [3.63, 3.8) is 0 Å². The van der Waals surface area contributed by atoms with Gasteiger partial charge in [-0.2, -0.15) is 0 Å². The van der Waals surface area contributed by atoms with E-state index in [1.807, 2.05) is 6.07 Å². The number of benzene rings is 2. The van der Waals surface area contributed by atoms with Gasteiger partial charge in [0.25, 0.3) is 0 Å².